The number of nitrogens with one attached hydrogen (secondary N) is 1. The first-order valence-corrected chi connectivity index (χ1v) is 7.27. The lowest BCUT2D eigenvalue weighted by atomic mass is 9.74. The zero-order valence-corrected chi connectivity index (χ0v) is 12.7. The van der Waals surface area contributed by atoms with Gasteiger partial charge in [-0.25, -0.2) is 5.43 Å². The molecule has 1 aromatic heterocycles. The van der Waals surface area contributed by atoms with Crippen LogP contribution in [0.1, 0.15) is 43.9 Å². The maximum atomic E-state index is 5.83. The molecule has 102 valence electrons. The van der Waals surface area contributed by atoms with Crippen LogP contribution in [0.25, 0.3) is 0 Å². The van der Waals surface area contributed by atoms with Crippen molar-refractivity contribution in [1.29, 1.82) is 0 Å². The standard InChI is InChI=1S/C13H22BrN3O/c1-17(2)13(7-4-3-5-8-13)12(16-15)11-10(14)6-9-18-11/h6,9,12,16H,3-5,7-8,15H2,1-2H3. The number of likely N-dealkylation sites (N-methyl/N-ethyl adjacent to an activating group) is 1. The van der Waals surface area contributed by atoms with Crippen molar-refractivity contribution in [1.82, 2.24) is 10.3 Å². The number of hydrazine groups is 1. The van der Waals surface area contributed by atoms with Gasteiger partial charge >= 0.3 is 0 Å². The molecule has 0 aromatic carbocycles. The van der Waals surface area contributed by atoms with Crippen molar-refractivity contribution >= 4 is 15.9 Å². The van der Waals surface area contributed by atoms with E-state index in [-0.39, 0.29) is 11.6 Å². The van der Waals surface area contributed by atoms with Gasteiger partial charge in [0.2, 0.25) is 0 Å². The van der Waals surface area contributed by atoms with Crippen LogP contribution in [0.3, 0.4) is 0 Å². The number of hydrogen-bond donors (Lipinski definition) is 2. The van der Waals surface area contributed by atoms with E-state index in [1.54, 1.807) is 6.26 Å². The van der Waals surface area contributed by atoms with E-state index < -0.39 is 0 Å². The van der Waals surface area contributed by atoms with Crippen LogP contribution in [-0.2, 0) is 0 Å². The third kappa shape index (κ3) is 2.37. The zero-order valence-electron chi connectivity index (χ0n) is 11.1. The molecule has 1 aliphatic rings. The molecule has 0 spiro atoms. The van der Waals surface area contributed by atoms with Gasteiger partial charge in [0.15, 0.2) is 0 Å². The highest BCUT2D eigenvalue weighted by Gasteiger charge is 2.44. The molecule has 5 heteroatoms. The van der Waals surface area contributed by atoms with E-state index in [1.165, 1.54) is 19.3 Å². The Morgan fingerprint density at radius 2 is 2.06 bits per heavy atom. The predicted octanol–water partition coefficient (Wildman–Crippen LogP) is 2.81. The number of rotatable bonds is 4. The first-order valence-electron chi connectivity index (χ1n) is 6.48. The van der Waals surface area contributed by atoms with Gasteiger partial charge in [-0.1, -0.05) is 19.3 Å². The van der Waals surface area contributed by atoms with Crippen LogP contribution in [0, 0.1) is 0 Å². The molecule has 1 atom stereocenters. The van der Waals surface area contributed by atoms with Gasteiger partial charge in [0, 0.05) is 5.54 Å². The van der Waals surface area contributed by atoms with Crippen LogP contribution in [-0.4, -0.2) is 24.5 Å². The Morgan fingerprint density at radius 3 is 2.50 bits per heavy atom. The molecule has 2 rings (SSSR count). The van der Waals surface area contributed by atoms with Gasteiger partial charge in [-0.05, 0) is 48.9 Å². The monoisotopic (exact) mass is 315 g/mol. The predicted molar refractivity (Wildman–Crippen MR) is 76.0 cm³/mol. The van der Waals surface area contributed by atoms with Gasteiger partial charge in [-0.15, -0.1) is 0 Å². The molecule has 1 aliphatic carbocycles. The fraction of sp³-hybridized carbons (Fsp3) is 0.692. The van der Waals surface area contributed by atoms with Gasteiger partial charge in [0.05, 0.1) is 16.8 Å². The van der Waals surface area contributed by atoms with E-state index in [4.69, 9.17) is 10.3 Å². The fourth-order valence-electron chi connectivity index (χ4n) is 3.14. The van der Waals surface area contributed by atoms with E-state index in [0.29, 0.717) is 0 Å². The van der Waals surface area contributed by atoms with E-state index in [9.17, 15) is 0 Å². The molecule has 0 amide bonds. The summed E-state index contributed by atoms with van der Waals surface area (Å²) in [7, 11) is 4.26. The molecule has 1 saturated carbocycles. The van der Waals surface area contributed by atoms with Gasteiger partial charge in [-0.3, -0.25) is 5.84 Å². The maximum Gasteiger partial charge on any atom is 0.138 e. The van der Waals surface area contributed by atoms with E-state index in [1.807, 2.05) is 6.07 Å². The Balaban J connectivity index is 2.36. The summed E-state index contributed by atoms with van der Waals surface area (Å²) in [5.74, 6) is 6.73. The van der Waals surface area contributed by atoms with E-state index in [0.717, 1.165) is 23.1 Å². The lowest BCUT2D eigenvalue weighted by Gasteiger charge is -2.47. The Morgan fingerprint density at radius 1 is 1.39 bits per heavy atom. The minimum atomic E-state index is 0.0113. The molecular weight excluding hydrogens is 294 g/mol. The van der Waals surface area contributed by atoms with Crippen molar-refractivity contribution in [2.24, 2.45) is 5.84 Å². The summed E-state index contributed by atoms with van der Waals surface area (Å²) < 4.78 is 6.61. The van der Waals surface area contributed by atoms with Gasteiger partial charge < -0.3 is 9.32 Å². The maximum absolute atomic E-state index is 5.83. The molecule has 4 nitrogen and oxygen atoms in total. The molecule has 0 bridgehead atoms. The van der Waals surface area contributed by atoms with Crippen LogP contribution in [0.15, 0.2) is 21.2 Å². The quantitative estimate of drug-likeness (QED) is 0.662. The van der Waals surface area contributed by atoms with Crippen molar-refractivity contribution in [3.8, 4) is 0 Å². The average Bonchev–Trinajstić information content (AvgIpc) is 2.78. The molecule has 1 aromatic rings. The zero-order chi connectivity index (χ0) is 13.2. The smallest absolute Gasteiger partial charge is 0.138 e. The third-order valence-electron chi connectivity index (χ3n) is 4.22. The van der Waals surface area contributed by atoms with Crippen molar-refractivity contribution in [3.05, 3.63) is 22.6 Å². The average molecular weight is 316 g/mol. The summed E-state index contributed by atoms with van der Waals surface area (Å²) in [6.07, 6.45) is 7.79. The minimum Gasteiger partial charge on any atom is -0.466 e. The molecule has 1 fully saturated rings. The Kier molecular flexibility index (Phi) is 4.48. The number of halogens is 1. The molecule has 0 saturated heterocycles. The Bertz CT molecular complexity index is 385. The summed E-state index contributed by atoms with van der Waals surface area (Å²) in [6.45, 7) is 0. The second-order valence-electron chi connectivity index (χ2n) is 5.29. The lowest BCUT2D eigenvalue weighted by Crippen LogP contribution is -2.56. The van der Waals surface area contributed by atoms with Crippen LogP contribution < -0.4 is 11.3 Å². The van der Waals surface area contributed by atoms with Crippen molar-refractivity contribution in [2.45, 2.75) is 43.7 Å². The fourth-order valence-corrected chi connectivity index (χ4v) is 3.57. The normalized spacial score (nSPS) is 21.2. The second kappa shape index (κ2) is 5.74. The van der Waals surface area contributed by atoms with Crippen LogP contribution in [0.5, 0.6) is 0 Å². The first kappa shape index (κ1) is 14.1. The summed E-state index contributed by atoms with van der Waals surface area (Å²) in [5, 5.41) is 0. The highest BCUT2D eigenvalue weighted by Crippen LogP contribution is 2.43. The summed E-state index contributed by atoms with van der Waals surface area (Å²) in [4.78, 5) is 2.30. The number of nitrogens with zero attached hydrogens (tertiary/aromatic N) is 1. The second-order valence-corrected chi connectivity index (χ2v) is 6.15. The molecule has 1 unspecified atom stereocenters. The number of furan rings is 1. The van der Waals surface area contributed by atoms with Crippen LogP contribution >= 0.6 is 15.9 Å². The van der Waals surface area contributed by atoms with Crippen molar-refractivity contribution < 1.29 is 4.42 Å². The van der Waals surface area contributed by atoms with Crippen LogP contribution in [0.4, 0.5) is 0 Å². The summed E-state index contributed by atoms with van der Waals surface area (Å²) in [5.41, 5.74) is 3.01. The SMILES string of the molecule is CN(C)C1(C(NN)c2occc2Br)CCCCC1. The van der Waals surface area contributed by atoms with Gasteiger partial charge in [0.1, 0.15) is 5.76 Å². The highest BCUT2D eigenvalue weighted by molar-refractivity contribution is 9.10. The number of nitrogens with two attached hydrogens (primary N) is 1. The molecular formula is C13H22BrN3O. The minimum absolute atomic E-state index is 0.0113. The molecule has 0 radical (unpaired) electrons. The van der Waals surface area contributed by atoms with Crippen LogP contribution in [0.2, 0.25) is 0 Å². The van der Waals surface area contributed by atoms with E-state index >= 15 is 0 Å². The summed E-state index contributed by atoms with van der Waals surface area (Å²) in [6, 6.07) is 1.93. The summed E-state index contributed by atoms with van der Waals surface area (Å²) >= 11 is 3.54. The highest BCUT2D eigenvalue weighted by atomic mass is 79.9. The lowest BCUT2D eigenvalue weighted by molar-refractivity contribution is 0.0476. The Hall–Kier alpha value is -0.360. The molecule has 1 heterocycles. The van der Waals surface area contributed by atoms with Gasteiger partial charge in [0.25, 0.3) is 0 Å². The first-order chi connectivity index (χ1) is 8.62. The van der Waals surface area contributed by atoms with Gasteiger partial charge in [-0.2, -0.15) is 0 Å². The molecule has 18 heavy (non-hydrogen) atoms. The third-order valence-corrected chi connectivity index (χ3v) is 4.88. The largest absolute Gasteiger partial charge is 0.466 e. The van der Waals surface area contributed by atoms with Crippen molar-refractivity contribution in [2.75, 3.05) is 14.1 Å². The molecule has 0 aliphatic heterocycles. The van der Waals surface area contributed by atoms with E-state index in [2.05, 4.69) is 40.4 Å². The topological polar surface area (TPSA) is 54.4 Å². The molecule has 3 N–H and O–H groups in total. The van der Waals surface area contributed by atoms with Crippen molar-refractivity contribution in [3.63, 3.8) is 0 Å². The number of hydrogen-bond acceptors (Lipinski definition) is 4. The Labute approximate surface area is 117 Å².